The summed E-state index contributed by atoms with van der Waals surface area (Å²) >= 11 is 5.75. The van der Waals surface area contributed by atoms with E-state index in [2.05, 4.69) is 0 Å². The zero-order valence-corrected chi connectivity index (χ0v) is 9.66. The molecule has 0 aliphatic heterocycles. The molecule has 0 heterocycles. The summed E-state index contributed by atoms with van der Waals surface area (Å²) in [6.45, 7) is 3.96. The molecule has 3 heteroatoms. The Labute approximate surface area is 95.1 Å². The molecule has 0 aliphatic rings. The third-order valence-corrected chi connectivity index (χ3v) is 1.99. The van der Waals surface area contributed by atoms with Crippen molar-refractivity contribution in [2.75, 3.05) is 6.61 Å². The van der Waals surface area contributed by atoms with E-state index >= 15 is 0 Å². The van der Waals surface area contributed by atoms with E-state index in [1.165, 1.54) is 0 Å². The second kappa shape index (κ2) is 5.79. The van der Waals surface area contributed by atoms with Crippen LogP contribution in [0.1, 0.15) is 13.8 Å². The number of hydrogen-bond acceptors (Lipinski definition) is 2. The van der Waals surface area contributed by atoms with Gasteiger partial charge in [0.2, 0.25) is 0 Å². The molecule has 1 aromatic carbocycles. The van der Waals surface area contributed by atoms with Crippen LogP contribution in [0.3, 0.4) is 0 Å². The number of hydrogen-bond donors (Lipinski definition) is 1. The van der Waals surface area contributed by atoms with Crippen LogP contribution >= 0.6 is 11.6 Å². The predicted molar refractivity (Wildman–Crippen MR) is 62.1 cm³/mol. The summed E-state index contributed by atoms with van der Waals surface area (Å²) in [6.07, 6.45) is 1.88. The molecule has 0 bridgehead atoms. The highest BCUT2D eigenvalue weighted by Crippen LogP contribution is 2.18. The second-order valence-electron chi connectivity index (χ2n) is 3.59. The van der Waals surface area contributed by atoms with Gasteiger partial charge in [0.05, 0.1) is 0 Å². The van der Waals surface area contributed by atoms with Gasteiger partial charge in [0.25, 0.3) is 0 Å². The molecular formula is C12H15ClO2. The number of aliphatic hydroxyl groups is 1. The van der Waals surface area contributed by atoms with Crippen LogP contribution in [0.2, 0.25) is 5.02 Å². The van der Waals surface area contributed by atoms with Crippen molar-refractivity contribution in [2.45, 2.75) is 13.8 Å². The summed E-state index contributed by atoms with van der Waals surface area (Å²) in [6, 6.07) is 7.04. The number of benzene rings is 1. The number of rotatable bonds is 4. The summed E-state index contributed by atoms with van der Waals surface area (Å²) in [5.41, 5.74) is 0. The van der Waals surface area contributed by atoms with Gasteiger partial charge in [-0.05, 0) is 36.3 Å². The fraction of sp³-hybridized carbons (Fsp3) is 0.333. The molecule has 0 amide bonds. The molecule has 15 heavy (non-hydrogen) atoms. The first-order valence-electron chi connectivity index (χ1n) is 4.87. The van der Waals surface area contributed by atoms with E-state index in [9.17, 15) is 0 Å². The molecule has 0 fully saturated rings. The Kier molecular flexibility index (Phi) is 4.66. The minimum atomic E-state index is -0.0964. The summed E-state index contributed by atoms with van der Waals surface area (Å²) in [5, 5.41) is 9.74. The van der Waals surface area contributed by atoms with E-state index in [1.807, 2.05) is 19.9 Å². The Morgan fingerprint density at radius 3 is 2.47 bits per heavy atom. The molecule has 1 rings (SSSR count). The van der Waals surface area contributed by atoms with Gasteiger partial charge in [-0.1, -0.05) is 25.4 Å². The van der Waals surface area contributed by atoms with E-state index < -0.39 is 0 Å². The first kappa shape index (κ1) is 12.1. The quantitative estimate of drug-likeness (QED) is 0.799. The molecule has 0 aromatic heterocycles. The number of ether oxygens (including phenoxy) is 1. The largest absolute Gasteiger partial charge is 0.460 e. The van der Waals surface area contributed by atoms with Crippen LogP contribution in [0.5, 0.6) is 5.75 Å². The van der Waals surface area contributed by atoms with Crippen molar-refractivity contribution in [3.8, 4) is 5.75 Å². The van der Waals surface area contributed by atoms with Crippen LogP contribution < -0.4 is 4.74 Å². The van der Waals surface area contributed by atoms with Crippen LogP contribution in [-0.4, -0.2) is 11.7 Å². The van der Waals surface area contributed by atoms with E-state index in [1.54, 1.807) is 24.3 Å². The summed E-state index contributed by atoms with van der Waals surface area (Å²) < 4.78 is 5.48. The molecule has 0 spiro atoms. The predicted octanol–water partition coefficient (Wildman–Crippen LogP) is 3.25. The third kappa shape index (κ3) is 4.36. The van der Waals surface area contributed by atoms with Gasteiger partial charge in [-0.2, -0.15) is 0 Å². The first-order valence-corrected chi connectivity index (χ1v) is 5.24. The van der Waals surface area contributed by atoms with E-state index in [0.29, 0.717) is 22.4 Å². The Bertz CT molecular complexity index is 328. The van der Waals surface area contributed by atoms with Crippen molar-refractivity contribution in [3.63, 3.8) is 0 Å². The minimum absolute atomic E-state index is 0.0964. The molecule has 82 valence electrons. The lowest BCUT2D eigenvalue weighted by Gasteiger charge is -2.08. The molecule has 0 atom stereocenters. The molecule has 0 saturated carbocycles. The lowest BCUT2D eigenvalue weighted by molar-refractivity contribution is 0.260. The second-order valence-corrected chi connectivity index (χ2v) is 4.03. The van der Waals surface area contributed by atoms with Crippen molar-refractivity contribution in [2.24, 2.45) is 5.92 Å². The molecule has 1 N–H and O–H groups in total. The van der Waals surface area contributed by atoms with Gasteiger partial charge in [-0.25, -0.2) is 0 Å². The van der Waals surface area contributed by atoms with Crippen molar-refractivity contribution in [1.82, 2.24) is 0 Å². The van der Waals surface area contributed by atoms with Gasteiger partial charge in [0.15, 0.2) is 0 Å². The van der Waals surface area contributed by atoms with Gasteiger partial charge >= 0.3 is 0 Å². The Balaban J connectivity index is 2.71. The van der Waals surface area contributed by atoms with Gasteiger partial charge in [-0.3, -0.25) is 0 Å². The molecule has 0 aliphatic carbocycles. The standard InChI is InChI=1S/C12H15ClO2/c1-9(2)7-12(8-14)15-11-5-3-10(13)4-6-11/h3-7,9,14H,8H2,1-2H3/b12-7-. The Morgan fingerprint density at radius 2 is 2.00 bits per heavy atom. The van der Waals surface area contributed by atoms with Crippen molar-refractivity contribution < 1.29 is 9.84 Å². The normalized spacial score (nSPS) is 11.9. The average molecular weight is 227 g/mol. The first-order chi connectivity index (χ1) is 7.11. The SMILES string of the molecule is CC(C)/C=C(/CO)Oc1ccc(Cl)cc1. The maximum absolute atomic E-state index is 9.07. The maximum Gasteiger partial charge on any atom is 0.127 e. The van der Waals surface area contributed by atoms with Crippen LogP contribution in [0, 0.1) is 5.92 Å². The van der Waals surface area contributed by atoms with Gasteiger partial charge < -0.3 is 9.84 Å². The summed E-state index contributed by atoms with van der Waals surface area (Å²) in [5.74, 6) is 1.59. The van der Waals surface area contributed by atoms with Crippen LogP contribution in [0.15, 0.2) is 36.1 Å². The average Bonchev–Trinajstić information content (AvgIpc) is 2.19. The molecule has 1 aromatic rings. The van der Waals surface area contributed by atoms with Crippen molar-refractivity contribution in [3.05, 3.63) is 41.1 Å². The van der Waals surface area contributed by atoms with E-state index in [-0.39, 0.29) is 6.61 Å². The molecule has 0 unspecified atom stereocenters. The highest BCUT2D eigenvalue weighted by atomic mass is 35.5. The number of allylic oxidation sites excluding steroid dienone is 1. The summed E-state index contributed by atoms with van der Waals surface area (Å²) in [7, 11) is 0. The van der Waals surface area contributed by atoms with E-state index in [0.717, 1.165) is 0 Å². The van der Waals surface area contributed by atoms with Crippen LogP contribution in [0.4, 0.5) is 0 Å². The molecule has 0 saturated heterocycles. The van der Waals surface area contributed by atoms with Crippen LogP contribution in [-0.2, 0) is 0 Å². The van der Waals surface area contributed by atoms with Gasteiger partial charge in [0.1, 0.15) is 18.1 Å². The number of aliphatic hydroxyl groups excluding tert-OH is 1. The maximum atomic E-state index is 9.07. The lowest BCUT2D eigenvalue weighted by Crippen LogP contribution is -2.02. The molecule has 0 radical (unpaired) electrons. The molecule has 2 nitrogen and oxygen atoms in total. The Hall–Kier alpha value is -0.990. The topological polar surface area (TPSA) is 29.5 Å². The highest BCUT2D eigenvalue weighted by molar-refractivity contribution is 6.30. The smallest absolute Gasteiger partial charge is 0.127 e. The lowest BCUT2D eigenvalue weighted by atomic mass is 10.2. The summed E-state index contributed by atoms with van der Waals surface area (Å²) in [4.78, 5) is 0. The number of halogens is 1. The van der Waals surface area contributed by atoms with E-state index in [4.69, 9.17) is 21.4 Å². The fourth-order valence-corrected chi connectivity index (χ4v) is 1.27. The van der Waals surface area contributed by atoms with Crippen molar-refractivity contribution in [1.29, 1.82) is 0 Å². The Morgan fingerprint density at radius 1 is 1.40 bits per heavy atom. The third-order valence-electron chi connectivity index (χ3n) is 1.74. The van der Waals surface area contributed by atoms with Crippen molar-refractivity contribution >= 4 is 11.6 Å². The zero-order valence-electron chi connectivity index (χ0n) is 8.90. The van der Waals surface area contributed by atoms with Gasteiger partial charge in [0, 0.05) is 5.02 Å². The monoisotopic (exact) mass is 226 g/mol. The fourth-order valence-electron chi connectivity index (χ4n) is 1.14. The van der Waals surface area contributed by atoms with Gasteiger partial charge in [-0.15, -0.1) is 0 Å². The van der Waals surface area contributed by atoms with Crippen LogP contribution in [0.25, 0.3) is 0 Å². The molecular weight excluding hydrogens is 212 g/mol. The highest BCUT2D eigenvalue weighted by Gasteiger charge is 2.00. The minimum Gasteiger partial charge on any atom is -0.460 e. The zero-order chi connectivity index (χ0) is 11.3.